The lowest BCUT2D eigenvalue weighted by atomic mass is 10.1. The Morgan fingerprint density at radius 1 is 0.848 bits per heavy atom. The molecule has 1 amide bonds. The highest BCUT2D eigenvalue weighted by Crippen LogP contribution is 2.32. The van der Waals surface area contributed by atoms with Crippen molar-refractivity contribution in [2.24, 2.45) is 10.8 Å². The molecule has 0 aliphatic rings. The Balaban J connectivity index is 2.44. The number of carbonyl (C=O) groups is 5. The average Bonchev–Trinajstić information content (AvgIpc) is 2.96. The third-order valence-corrected chi connectivity index (χ3v) is 5.80. The van der Waals surface area contributed by atoms with Gasteiger partial charge >= 0.3 is 23.9 Å². The molecule has 18 nitrogen and oxygen atoms in total. The van der Waals surface area contributed by atoms with Gasteiger partial charge in [0.05, 0.1) is 11.4 Å². The van der Waals surface area contributed by atoms with Crippen LogP contribution in [-0.2, 0) is 24.0 Å². The van der Waals surface area contributed by atoms with Gasteiger partial charge in [-0.2, -0.15) is 0 Å². The number of carboxylic acid groups (broad SMARTS) is 4. The number of hydrogen-bond donors (Lipinski definition) is 6. The lowest BCUT2D eigenvalue weighted by Crippen LogP contribution is -2.35. The molecule has 7 N–H and O–H groups in total. The van der Waals surface area contributed by atoms with E-state index < -0.39 is 56.0 Å². The number of amides is 1. The molecule has 2 aromatic carbocycles. The molecule has 0 bridgehead atoms. The maximum atomic E-state index is 12.4. The van der Waals surface area contributed by atoms with Gasteiger partial charge in [0.1, 0.15) is 56.6 Å². The Morgan fingerprint density at radius 2 is 1.33 bits per heavy atom. The quantitative estimate of drug-likeness (QED) is 0.0388. The van der Waals surface area contributed by atoms with Crippen LogP contribution in [0.3, 0.4) is 0 Å². The second-order valence-corrected chi connectivity index (χ2v) is 9.45. The lowest BCUT2D eigenvalue weighted by molar-refractivity contribution is -0.138. The Kier molecular flexibility index (Phi) is 14.1. The van der Waals surface area contributed by atoms with Crippen LogP contribution >= 0.6 is 0 Å². The minimum atomic E-state index is -1.32. The van der Waals surface area contributed by atoms with Crippen LogP contribution in [0.1, 0.15) is 11.1 Å². The smallest absolute Gasteiger partial charge is 0.323 e. The molecule has 0 unspecified atom stereocenters. The first-order chi connectivity index (χ1) is 21.8. The molecule has 0 saturated carbocycles. The summed E-state index contributed by atoms with van der Waals surface area (Å²) in [6.07, 6.45) is 1.23. The molecule has 0 spiro atoms. The highest BCUT2D eigenvalue weighted by atomic mass is 16.5. The predicted octanol–water partition coefficient (Wildman–Crippen LogP) is 1.13. The fraction of sp³-hybridized carbons (Fsp3) is 0.321. The van der Waals surface area contributed by atoms with Gasteiger partial charge in [-0.25, -0.2) is 0 Å². The number of hydrogen-bond acceptors (Lipinski definition) is 11. The van der Waals surface area contributed by atoms with Crippen molar-refractivity contribution in [3.8, 4) is 11.5 Å². The summed E-state index contributed by atoms with van der Waals surface area (Å²) < 4.78 is 11.7. The average molecular weight is 644 g/mol. The van der Waals surface area contributed by atoms with Crippen molar-refractivity contribution in [2.75, 3.05) is 62.3 Å². The van der Waals surface area contributed by atoms with Crippen LogP contribution in [0.4, 0.5) is 11.4 Å². The summed E-state index contributed by atoms with van der Waals surface area (Å²) in [5.74, 6) is -5.71. The molecular weight excluding hydrogens is 610 g/mol. The van der Waals surface area contributed by atoms with Gasteiger partial charge in [-0.15, -0.1) is 0 Å². The normalized spacial score (nSPS) is 10.7. The van der Waals surface area contributed by atoms with Gasteiger partial charge in [-0.1, -0.05) is 17.2 Å². The van der Waals surface area contributed by atoms with E-state index in [1.807, 2.05) is 0 Å². The van der Waals surface area contributed by atoms with Gasteiger partial charge < -0.3 is 50.8 Å². The largest absolute Gasteiger partial charge is 0.488 e. The second kappa shape index (κ2) is 18.0. The molecular formula is C28H33N7O11. The predicted molar refractivity (Wildman–Crippen MR) is 163 cm³/mol. The summed E-state index contributed by atoms with van der Waals surface area (Å²) in [4.78, 5) is 62.9. The van der Waals surface area contributed by atoms with Gasteiger partial charge in [-0.05, 0) is 53.9 Å². The number of nitrogens with one attached hydrogen (secondary N) is 1. The van der Waals surface area contributed by atoms with Crippen molar-refractivity contribution >= 4 is 47.2 Å². The minimum Gasteiger partial charge on any atom is -0.488 e. The van der Waals surface area contributed by atoms with Crippen molar-refractivity contribution in [1.29, 1.82) is 0 Å². The van der Waals surface area contributed by atoms with E-state index >= 15 is 0 Å². The molecule has 0 radical (unpaired) electrons. The van der Waals surface area contributed by atoms with Crippen molar-refractivity contribution in [3.63, 3.8) is 0 Å². The molecule has 246 valence electrons. The summed E-state index contributed by atoms with van der Waals surface area (Å²) in [6, 6.07) is 8.92. The standard InChI is InChI=1S/C28H33N7O11/c1-17-2-4-20(34(13-24(36)37)14-25(38)39)22(10-17)45-8-9-46-23-12-18(11-19(32-33-30)28(44)31-7-6-29)3-5-21(23)35(15-26(40)41)16-27(42)43/h2-5,10-12H,6-9,13-16,29H2,1H3,(H,31,44)(H,36,37)(H,38,39)(H,40,41)(H,42,43)/b19-11-. The van der Waals surface area contributed by atoms with E-state index in [-0.39, 0.29) is 60.4 Å². The van der Waals surface area contributed by atoms with Crippen LogP contribution in [0.15, 0.2) is 47.2 Å². The summed E-state index contributed by atoms with van der Waals surface area (Å²) >= 11 is 0. The fourth-order valence-electron chi connectivity index (χ4n) is 4.03. The zero-order valence-electron chi connectivity index (χ0n) is 24.7. The number of anilines is 2. The number of carboxylic acids is 4. The topological polar surface area (TPSA) is 278 Å². The third kappa shape index (κ3) is 11.9. The SMILES string of the molecule is Cc1ccc(N(CC(=O)O)CC(=O)O)c(OCCOc2cc(/C=C(\N=[N+]=[N-])C(=O)NCCN)ccc2N(CC(=O)O)CC(=O)O)c1. The van der Waals surface area contributed by atoms with E-state index in [2.05, 4.69) is 15.3 Å². The Morgan fingerprint density at radius 3 is 1.78 bits per heavy atom. The van der Waals surface area contributed by atoms with Crippen LogP contribution in [0.25, 0.3) is 16.5 Å². The number of azide groups is 1. The maximum Gasteiger partial charge on any atom is 0.323 e. The molecule has 2 aromatic rings. The van der Waals surface area contributed by atoms with Crippen molar-refractivity contribution in [3.05, 3.63) is 63.7 Å². The Hall–Kier alpha value is -6.00. The highest BCUT2D eigenvalue weighted by Gasteiger charge is 2.21. The number of rotatable bonds is 20. The molecule has 0 aliphatic heterocycles. The number of benzene rings is 2. The molecule has 2 rings (SSSR count). The zero-order valence-corrected chi connectivity index (χ0v) is 24.7. The van der Waals surface area contributed by atoms with E-state index in [9.17, 15) is 44.4 Å². The van der Waals surface area contributed by atoms with Crippen LogP contribution in [0.5, 0.6) is 11.5 Å². The lowest BCUT2D eigenvalue weighted by Gasteiger charge is -2.25. The first-order valence-electron chi connectivity index (χ1n) is 13.5. The van der Waals surface area contributed by atoms with E-state index in [0.29, 0.717) is 0 Å². The zero-order chi connectivity index (χ0) is 34.2. The number of ether oxygens (including phenoxy) is 2. The van der Waals surface area contributed by atoms with Crippen molar-refractivity contribution in [1.82, 2.24) is 5.32 Å². The molecule has 0 fully saturated rings. The monoisotopic (exact) mass is 643 g/mol. The van der Waals surface area contributed by atoms with Crippen LogP contribution in [-0.4, -0.2) is 103 Å². The molecule has 0 saturated heterocycles. The van der Waals surface area contributed by atoms with E-state index in [4.69, 9.17) is 20.7 Å². The molecule has 0 aliphatic carbocycles. The molecule has 18 heteroatoms. The van der Waals surface area contributed by atoms with E-state index in [1.54, 1.807) is 19.1 Å². The summed E-state index contributed by atoms with van der Waals surface area (Å²) in [6.45, 7) is -1.02. The Labute approximate surface area is 261 Å². The second-order valence-electron chi connectivity index (χ2n) is 9.45. The number of nitrogens with zero attached hydrogens (tertiary/aromatic N) is 5. The number of nitrogens with two attached hydrogens (primary N) is 1. The van der Waals surface area contributed by atoms with E-state index in [1.165, 1.54) is 30.3 Å². The maximum absolute atomic E-state index is 12.4. The van der Waals surface area contributed by atoms with Crippen molar-refractivity contribution < 1.29 is 53.9 Å². The van der Waals surface area contributed by atoms with Gasteiger partial charge in [0, 0.05) is 18.0 Å². The number of carbonyl (C=O) groups excluding carboxylic acids is 1. The first kappa shape index (κ1) is 36.2. The van der Waals surface area contributed by atoms with Crippen LogP contribution in [0.2, 0.25) is 0 Å². The highest BCUT2D eigenvalue weighted by molar-refractivity contribution is 5.97. The number of aliphatic carboxylic acids is 4. The van der Waals surface area contributed by atoms with Crippen LogP contribution in [0, 0.1) is 6.92 Å². The number of aryl methyl sites for hydroxylation is 1. The fourth-order valence-corrected chi connectivity index (χ4v) is 4.03. The van der Waals surface area contributed by atoms with Gasteiger partial charge in [0.15, 0.2) is 0 Å². The third-order valence-electron chi connectivity index (χ3n) is 5.80. The minimum absolute atomic E-state index is 0.00893. The van der Waals surface area contributed by atoms with Crippen molar-refractivity contribution in [2.45, 2.75) is 6.92 Å². The molecule has 0 aromatic heterocycles. The van der Waals surface area contributed by atoms with Crippen LogP contribution < -0.4 is 30.3 Å². The Bertz CT molecular complexity index is 1490. The molecule has 0 heterocycles. The molecule has 46 heavy (non-hydrogen) atoms. The van der Waals surface area contributed by atoms with Gasteiger partial charge in [-0.3, -0.25) is 24.0 Å². The van der Waals surface area contributed by atoms with Gasteiger partial charge in [0.25, 0.3) is 5.91 Å². The van der Waals surface area contributed by atoms with E-state index in [0.717, 1.165) is 15.4 Å². The first-order valence-corrected chi connectivity index (χ1v) is 13.5. The molecule has 0 atom stereocenters. The summed E-state index contributed by atoms with van der Waals surface area (Å²) in [7, 11) is 0. The van der Waals surface area contributed by atoms with Gasteiger partial charge in [0.2, 0.25) is 0 Å². The summed E-state index contributed by atoms with van der Waals surface area (Å²) in [5.41, 5.74) is 15.3. The summed E-state index contributed by atoms with van der Waals surface area (Å²) in [5, 5.41) is 43.2.